The van der Waals surface area contributed by atoms with Crippen LogP contribution in [-0.2, 0) is 0 Å². The Bertz CT molecular complexity index is 425. The topological polar surface area (TPSA) is 52.6 Å². The van der Waals surface area contributed by atoms with Crippen molar-refractivity contribution in [3.8, 4) is 0 Å². The predicted molar refractivity (Wildman–Crippen MR) is 67.2 cm³/mol. The van der Waals surface area contributed by atoms with Crippen LogP contribution in [0.25, 0.3) is 0 Å². The molecule has 0 aliphatic carbocycles. The number of amides is 1. The van der Waals surface area contributed by atoms with Crippen LogP contribution in [0.4, 0.5) is 14.9 Å². The maximum atomic E-state index is 13.4. The fourth-order valence-electron chi connectivity index (χ4n) is 2.26. The number of para-hydroxylation sites is 1. The summed E-state index contributed by atoms with van der Waals surface area (Å²) in [5.41, 5.74) is 0.477. The number of nitrogens with one attached hydrogen (secondary N) is 1. The summed E-state index contributed by atoms with van der Waals surface area (Å²) in [7, 11) is 0. The average Bonchev–Trinajstić information content (AvgIpc) is 2.38. The van der Waals surface area contributed by atoms with Crippen LogP contribution in [-0.4, -0.2) is 35.7 Å². The van der Waals surface area contributed by atoms with Gasteiger partial charge in [0.05, 0.1) is 5.69 Å². The van der Waals surface area contributed by atoms with Crippen molar-refractivity contribution in [2.24, 2.45) is 5.92 Å². The minimum absolute atomic E-state index is 0.245. The largest absolute Gasteiger partial charge is 0.465 e. The van der Waals surface area contributed by atoms with Crippen molar-refractivity contribution in [1.29, 1.82) is 0 Å². The highest BCUT2D eigenvalue weighted by atomic mass is 19.1. The molecule has 0 aromatic heterocycles. The van der Waals surface area contributed by atoms with E-state index in [2.05, 4.69) is 5.32 Å². The van der Waals surface area contributed by atoms with Gasteiger partial charge < -0.3 is 15.3 Å². The second kappa shape index (κ2) is 5.71. The Labute approximate surface area is 105 Å². The van der Waals surface area contributed by atoms with E-state index < -0.39 is 6.09 Å². The second-order valence-corrected chi connectivity index (χ2v) is 4.60. The molecule has 18 heavy (non-hydrogen) atoms. The molecular formula is C13H17FN2O2. The fourth-order valence-corrected chi connectivity index (χ4v) is 2.26. The predicted octanol–water partition coefficient (Wildman–Crippen LogP) is 2.63. The number of rotatable bonds is 3. The molecule has 1 fully saturated rings. The van der Waals surface area contributed by atoms with Gasteiger partial charge in [0.15, 0.2) is 0 Å². The standard InChI is InChI=1S/C13H17FN2O2/c14-11-5-1-2-6-12(11)15-8-10-4-3-7-16(9-10)13(17)18/h1-2,5-6,10,15H,3-4,7-9H2,(H,17,18). The molecule has 1 atom stereocenters. The second-order valence-electron chi connectivity index (χ2n) is 4.60. The summed E-state index contributed by atoms with van der Waals surface area (Å²) in [6.45, 7) is 1.73. The molecule has 2 rings (SSSR count). The normalized spacial score (nSPS) is 19.6. The molecule has 1 heterocycles. The number of carbonyl (C=O) groups is 1. The van der Waals surface area contributed by atoms with Crippen molar-refractivity contribution in [1.82, 2.24) is 4.90 Å². The first-order chi connectivity index (χ1) is 8.66. The Balaban J connectivity index is 1.87. The van der Waals surface area contributed by atoms with Crippen LogP contribution in [0.15, 0.2) is 24.3 Å². The summed E-state index contributed by atoms with van der Waals surface area (Å²) in [5.74, 6) is -0.0298. The van der Waals surface area contributed by atoms with Crippen molar-refractivity contribution >= 4 is 11.8 Å². The van der Waals surface area contributed by atoms with Gasteiger partial charge in [-0.1, -0.05) is 12.1 Å². The molecule has 1 amide bonds. The molecule has 4 nitrogen and oxygen atoms in total. The Kier molecular flexibility index (Phi) is 4.02. The van der Waals surface area contributed by atoms with E-state index in [1.165, 1.54) is 11.0 Å². The Hall–Kier alpha value is -1.78. The average molecular weight is 252 g/mol. The van der Waals surface area contributed by atoms with E-state index in [1.54, 1.807) is 18.2 Å². The minimum atomic E-state index is -0.870. The van der Waals surface area contributed by atoms with Gasteiger partial charge in [-0.15, -0.1) is 0 Å². The molecule has 98 valence electrons. The smallest absolute Gasteiger partial charge is 0.407 e. The number of benzene rings is 1. The number of halogens is 1. The van der Waals surface area contributed by atoms with E-state index in [0.717, 1.165) is 12.8 Å². The van der Waals surface area contributed by atoms with E-state index in [0.29, 0.717) is 25.3 Å². The summed E-state index contributed by atoms with van der Waals surface area (Å²) in [6, 6.07) is 6.52. The van der Waals surface area contributed by atoms with Crippen molar-refractivity contribution in [3.63, 3.8) is 0 Å². The van der Waals surface area contributed by atoms with E-state index in [-0.39, 0.29) is 11.7 Å². The number of anilines is 1. The van der Waals surface area contributed by atoms with Gasteiger partial charge in [0, 0.05) is 19.6 Å². The Morgan fingerprint density at radius 3 is 3.00 bits per heavy atom. The third-order valence-corrected chi connectivity index (χ3v) is 3.24. The zero-order chi connectivity index (χ0) is 13.0. The van der Waals surface area contributed by atoms with Crippen LogP contribution in [0, 0.1) is 11.7 Å². The van der Waals surface area contributed by atoms with Gasteiger partial charge in [0.2, 0.25) is 0 Å². The Morgan fingerprint density at radius 2 is 2.28 bits per heavy atom. The van der Waals surface area contributed by atoms with Crippen LogP contribution in [0.2, 0.25) is 0 Å². The number of nitrogens with zero attached hydrogens (tertiary/aromatic N) is 1. The van der Waals surface area contributed by atoms with Gasteiger partial charge in [0.25, 0.3) is 0 Å². The number of hydrogen-bond acceptors (Lipinski definition) is 2. The minimum Gasteiger partial charge on any atom is -0.465 e. The zero-order valence-corrected chi connectivity index (χ0v) is 10.1. The Morgan fingerprint density at radius 1 is 1.50 bits per heavy atom. The summed E-state index contributed by atoms with van der Waals surface area (Å²) in [5, 5.41) is 12.0. The summed E-state index contributed by atoms with van der Waals surface area (Å²) in [4.78, 5) is 12.3. The van der Waals surface area contributed by atoms with E-state index >= 15 is 0 Å². The van der Waals surface area contributed by atoms with Crippen molar-refractivity contribution in [2.75, 3.05) is 25.0 Å². The lowest BCUT2D eigenvalue weighted by Crippen LogP contribution is -2.41. The lowest BCUT2D eigenvalue weighted by molar-refractivity contribution is 0.122. The molecule has 1 aliphatic rings. The fraction of sp³-hybridized carbons (Fsp3) is 0.462. The highest BCUT2D eigenvalue weighted by molar-refractivity contribution is 5.65. The quantitative estimate of drug-likeness (QED) is 0.869. The van der Waals surface area contributed by atoms with Crippen molar-refractivity contribution in [2.45, 2.75) is 12.8 Å². The molecule has 0 spiro atoms. The van der Waals surface area contributed by atoms with Gasteiger partial charge in [-0.25, -0.2) is 9.18 Å². The van der Waals surface area contributed by atoms with E-state index in [1.807, 2.05) is 0 Å². The first-order valence-electron chi connectivity index (χ1n) is 6.13. The molecule has 5 heteroatoms. The molecule has 2 N–H and O–H groups in total. The molecule has 1 unspecified atom stereocenters. The van der Waals surface area contributed by atoms with E-state index in [4.69, 9.17) is 5.11 Å². The van der Waals surface area contributed by atoms with Crippen LogP contribution in [0.1, 0.15) is 12.8 Å². The molecule has 1 aromatic rings. The molecule has 0 bridgehead atoms. The summed E-state index contributed by atoms with van der Waals surface area (Å²) in [6.07, 6.45) is 0.979. The van der Waals surface area contributed by atoms with Gasteiger partial charge in [-0.2, -0.15) is 0 Å². The van der Waals surface area contributed by atoms with Gasteiger partial charge in [0.1, 0.15) is 5.82 Å². The summed E-state index contributed by atoms with van der Waals surface area (Å²) < 4.78 is 13.4. The van der Waals surface area contributed by atoms with Crippen LogP contribution < -0.4 is 5.32 Å². The van der Waals surface area contributed by atoms with Gasteiger partial charge >= 0.3 is 6.09 Å². The monoisotopic (exact) mass is 252 g/mol. The molecular weight excluding hydrogens is 235 g/mol. The highest BCUT2D eigenvalue weighted by Crippen LogP contribution is 2.19. The van der Waals surface area contributed by atoms with Crippen LogP contribution in [0.3, 0.4) is 0 Å². The first-order valence-corrected chi connectivity index (χ1v) is 6.13. The zero-order valence-electron chi connectivity index (χ0n) is 10.1. The molecule has 0 saturated carbocycles. The van der Waals surface area contributed by atoms with Crippen molar-refractivity contribution < 1.29 is 14.3 Å². The van der Waals surface area contributed by atoms with Gasteiger partial charge in [-0.05, 0) is 30.9 Å². The number of hydrogen-bond donors (Lipinski definition) is 2. The third-order valence-electron chi connectivity index (χ3n) is 3.24. The van der Waals surface area contributed by atoms with Crippen LogP contribution >= 0.6 is 0 Å². The van der Waals surface area contributed by atoms with Crippen molar-refractivity contribution in [3.05, 3.63) is 30.1 Å². The highest BCUT2D eigenvalue weighted by Gasteiger charge is 2.22. The number of likely N-dealkylation sites (tertiary alicyclic amines) is 1. The molecule has 1 saturated heterocycles. The lowest BCUT2D eigenvalue weighted by atomic mass is 9.98. The SMILES string of the molecule is O=C(O)N1CCCC(CNc2ccccc2F)C1. The first kappa shape index (κ1) is 12.7. The van der Waals surface area contributed by atoms with E-state index in [9.17, 15) is 9.18 Å². The number of carboxylic acid groups (broad SMARTS) is 1. The molecule has 0 radical (unpaired) electrons. The third kappa shape index (κ3) is 3.12. The molecule has 1 aromatic carbocycles. The lowest BCUT2D eigenvalue weighted by Gasteiger charge is -2.31. The van der Waals surface area contributed by atoms with Crippen LogP contribution in [0.5, 0.6) is 0 Å². The summed E-state index contributed by atoms with van der Waals surface area (Å²) >= 11 is 0. The maximum Gasteiger partial charge on any atom is 0.407 e. The van der Waals surface area contributed by atoms with Gasteiger partial charge in [-0.3, -0.25) is 0 Å². The maximum absolute atomic E-state index is 13.4. The molecule has 1 aliphatic heterocycles. The number of piperidine rings is 1.